The minimum atomic E-state index is 0.181. The summed E-state index contributed by atoms with van der Waals surface area (Å²) in [6.45, 7) is 19.0. The third kappa shape index (κ3) is 9.68. The van der Waals surface area contributed by atoms with Crippen molar-refractivity contribution in [1.82, 2.24) is 20.4 Å². The Kier molecular flexibility index (Phi) is 9.25. The van der Waals surface area contributed by atoms with Crippen molar-refractivity contribution in [3.63, 3.8) is 0 Å². The summed E-state index contributed by atoms with van der Waals surface area (Å²) < 4.78 is 0. The normalized spacial score (nSPS) is 18.2. The second-order valence-corrected chi connectivity index (χ2v) is 8.25. The van der Waals surface area contributed by atoms with Gasteiger partial charge in [-0.15, -0.1) is 0 Å². The van der Waals surface area contributed by atoms with Crippen LogP contribution >= 0.6 is 0 Å². The molecule has 6 nitrogen and oxygen atoms in total. The first kappa shape index (κ1) is 21.7. The van der Waals surface area contributed by atoms with Gasteiger partial charge in [-0.05, 0) is 32.1 Å². The number of aliphatic imine (C=N–C) groups is 1. The molecule has 1 fully saturated rings. The Hall–Kier alpha value is -1.30. The zero-order valence-electron chi connectivity index (χ0n) is 17.2. The lowest BCUT2D eigenvalue weighted by molar-refractivity contribution is -0.130. The van der Waals surface area contributed by atoms with E-state index >= 15 is 0 Å². The maximum absolute atomic E-state index is 11.4. The maximum atomic E-state index is 11.4. The van der Waals surface area contributed by atoms with E-state index in [1.165, 1.54) is 6.42 Å². The summed E-state index contributed by atoms with van der Waals surface area (Å²) in [5, 5.41) is 6.86. The lowest BCUT2D eigenvalue weighted by atomic mass is 9.89. The fourth-order valence-corrected chi connectivity index (χ4v) is 2.86. The summed E-state index contributed by atoms with van der Waals surface area (Å²) in [5.74, 6) is 1.09. The Morgan fingerprint density at radius 2 is 1.84 bits per heavy atom. The molecule has 0 saturated carbocycles. The topological polar surface area (TPSA) is 60.0 Å². The van der Waals surface area contributed by atoms with Gasteiger partial charge < -0.3 is 15.5 Å². The molecule has 6 heteroatoms. The second kappa shape index (κ2) is 10.6. The van der Waals surface area contributed by atoms with Gasteiger partial charge in [0.1, 0.15) is 0 Å². The van der Waals surface area contributed by atoms with Crippen LogP contribution in [-0.2, 0) is 4.79 Å². The minimum absolute atomic E-state index is 0.181. The molecule has 0 radical (unpaired) electrons. The van der Waals surface area contributed by atoms with Gasteiger partial charge in [0.2, 0.25) is 5.91 Å². The van der Waals surface area contributed by atoms with Gasteiger partial charge >= 0.3 is 0 Å². The van der Waals surface area contributed by atoms with Crippen molar-refractivity contribution >= 4 is 11.9 Å². The number of carbonyl (C=O) groups is 1. The summed E-state index contributed by atoms with van der Waals surface area (Å²) in [5.41, 5.74) is 0.369. The molecule has 1 aliphatic rings. The highest BCUT2D eigenvalue weighted by atomic mass is 16.2. The molecule has 1 amide bonds. The average Bonchev–Trinajstić information content (AvgIpc) is 2.53. The van der Waals surface area contributed by atoms with Crippen LogP contribution < -0.4 is 10.6 Å². The highest BCUT2D eigenvalue weighted by Crippen LogP contribution is 2.21. The molecule has 0 bridgehead atoms. The molecule has 25 heavy (non-hydrogen) atoms. The lowest BCUT2D eigenvalue weighted by Crippen LogP contribution is -2.48. The van der Waals surface area contributed by atoms with Gasteiger partial charge in [0.05, 0.1) is 6.54 Å². The number of nitrogens with one attached hydrogen (secondary N) is 2. The second-order valence-electron chi connectivity index (χ2n) is 8.25. The van der Waals surface area contributed by atoms with Crippen molar-refractivity contribution < 1.29 is 4.79 Å². The van der Waals surface area contributed by atoms with Crippen molar-refractivity contribution in [3.05, 3.63) is 0 Å². The molecule has 1 atom stereocenters. The van der Waals surface area contributed by atoms with Gasteiger partial charge in [-0.25, -0.2) is 0 Å². The Bertz CT molecular complexity index is 422. The molecule has 1 unspecified atom stereocenters. The molecule has 0 aromatic heterocycles. The number of hydrogen-bond acceptors (Lipinski definition) is 3. The molecule has 0 aromatic carbocycles. The molecule has 1 saturated heterocycles. The number of nitrogens with zero attached hydrogens (tertiary/aromatic N) is 3. The summed E-state index contributed by atoms with van der Waals surface area (Å²) >= 11 is 0. The van der Waals surface area contributed by atoms with E-state index in [0.717, 1.165) is 58.2 Å². The van der Waals surface area contributed by atoms with E-state index in [-0.39, 0.29) is 5.91 Å². The Morgan fingerprint density at radius 1 is 1.20 bits per heavy atom. The first-order valence-electron chi connectivity index (χ1n) is 9.74. The quantitative estimate of drug-likeness (QED) is 0.542. The number of hydrogen-bond donors (Lipinski definition) is 2. The van der Waals surface area contributed by atoms with Crippen LogP contribution in [0.5, 0.6) is 0 Å². The zero-order chi connectivity index (χ0) is 18.9. The number of guanidine groups is 1. The summed E-state index contributed by atoms with van der Waals surface area (Å²) in [6.07, 6.45) is 2.34. The van der Waals surface area contributed by atoms with Crippen LogP contribution in [0.4, 0.5) is 0 Å². The fourth-order valence-electron chi connectivity index (χ4n) is 2.86. The predicted molar refractivity (Wildman–Crippen MR) is 106 cm³/mol. The van der Waals surface area contributed by atoms with Crippen LogP contribution in [0.25, 0.3) is 0 Å². The van der Waals surface area contributed by atoms with Gasteiger partial charge in [-0.3, -0.25) is 14.7 Å². The van der Waals surface area contributed by atoms with E-state index in [4.69, 9.17) is 4.99 Å². The van der Waals surface area contributed by atoms with Gasteiger partial charge in [-0.1, -0.05) is 20.8 Å². The van der Waals surface area contributed by atoms with Crippen molar-refractivity contribution in [2.24, 2.45) is 10.4 Å². The smallest absolute Gasteiger partial charge is 0.219 e. The number of piperazine rings is 1. The van der Waals surface area contributed by atoms with E-state index < -0.39 is 0 Å². The van der Waals surface area contributed by atoms with E-state index in [9.17, 15) is 4.79 Å². The largest absolute Gasteiger partial charge is 0.357 e. The van der Waals surface area contributed by atoms with Crippen LogP contribution in [0.1, 0.15) is 54.4 Å². The van der Waals surface area contributed by atoms with Gasteiger partial charge in [0.15, 0.2) is 5.96 Å². The minimum Gasteiger partial charge on any atom is -0.357 e. The van der Waals surface area contributed by atoms with Gasteiger partial charge in [0.25, 0.3) is 0 Å². The standard InChI is InChI=1S/C19H39N5O/c1-7-20-18(22-16(2)8-9-19(4,5)6)21-10-11-23-12-14-24(15-13-23)17(3)25/h16H,7-15H2,1-6H3,(H2,20,21,22). The predicted octanol–water partition coefficient (Wildman–Crippen LogP) is 1.92. The Morgan fingerprint density at radius 3 is 2.36 bits per heavy atom. The van der Waals surface area contributed by atoms with Crippen LogP contribution in [0.3, 0.4) is 0 Å². The first-order chi connectivity index (χ1) is 11.7. The molecular formula is C19H39N5O. The molecule has 2 N–H and O–H groups in total. The summed E-state index contributed by atoms with van der Waals surface area (Å²) in [6, 6.07) is 0.413. The third-order valence-corrected chi connectivity index (χ3v) is 4.56. The highest BCUT2D eigenvalue weighted by Gasteiger charge is 2.18. The average molecular weight is 354 g/mol. The van der Waals surface area contributed by atoms with Gasteiger partial charge in [-0.2, -0.15) is 0 Å². The van der Waals surface area contributed by atoms with E-state index in [1.54, 1.807) is 6.92 Å². The first-order valence-corrected chi connectivity index (χ1v) is 9.74. The number of rotatable bonds is 7. The molecule has 146 valence electrons. The van der Waals surface area contributed by atoms with Gasteiger partial charge in [0, 0.05) is 52.2 Å². The molecule has 1 heterocycles. The number of carbonyl (C=O) groups excluding carboxylic acids is 1. The molecule has 1 aliphatic heterocycles. The molecule has 1 rings (SSSR count). The van der Waals surface area contributed by atoms with E-state index in [0.29, 0.717) is 11.5 Å². The molecule has 0 spiro atoms. The van der Waals surface area contributed by atoms with Crippen molar-refractivity contribution in [1.29, 1.82) is 0 Å². The van der Waals surface area contributed by atoms with Crippen molar-refractivity contribution in [2.75, 3.05) is 45.8 Å². The van der Waals surface area contributed by atoms with Crippen LogP contribution in [0.15, 0.2) is 4.99 Å². The lowest BCUT2D eigenvalue weighted by Gasteiger charge is -2.33. The monoisotopic (exact) mass is 353 g/mol. The van der Waals surface area contributed by atoms with E-state index in [2.05, 4.69) is 50.2 Å². The fraction of sp³-hybridized carbons (Fsp3) is 0.895. The third-order valence-electron chi connectivity index (χ3n) is 4.56. The van der Waals surface area contributed by atoms with Crippen molar-refractivity contribution in [3.8, 4) is 0 Å². The van der Waals surface area contributed by atoms with Crippen LogP contribution in [0, 0.1) is 5.41 Å². The maximum Gasteiger partial charge on any atom is 0.219 e. The number of amides is 1. The highest BCUT2D eigenvalue weighted by molar-refractivity contribution is 5.80. The van der Waals surface area contributed by atoms with Crippen molar-refractivity contribution in [2.45, 2.75) is 60.4 Å². The zero-order valence-corrected chi connectivity index (χ0v) is 17.2. The molecular weight excluding hydrogens is 314 g/mol. The van der Waals surface area contributed by atoms with E-state index in [1.807, 2.05) is 4.90 Å². The van der Waals surface area contributed by atoms with Crippen LogP contribution in [0.2, 0.25) is 0 Å². The Balaban J connectivity index is 2.36. The Labute approximate surface area is 154 Å². The summed E-state index contributed by atoms with van der Waals surface area (Å²) in [4.78, 5) is 20.4. The molecule has 0 aromatic rings. The summed E-state index contributed by atoms with van der Waals surface area (Å²) in [7, 11) is 0. The molecule has 0 aliphatic carbocycles. The van der Waals surface area contributed by atoms with Crippen LogP contribution in [-0.4, -0.2) is 73.5 Å². The SMILES string of the molecule is CCNC(=NCCN1CCN(C(C)=O)CC1)NC(C)CCC(C)(C)C.